The molecular weight excluding hydrogens is 338 g/mol. The molecule has 0 amide bonds. The number of hydrogen-bond donors (Lipinski definition) is 3. The number of carboxylic acids is 2. The summed E-state index contributed by atoms with van der Waals surface area (Å²) in [7, 11) is 2.01. The van der Waals surface area contributed by atoms with Crippen LogP contribution >= 0.6 is 11.6 Å². The molecule has 0 aliphatic rings. The third-order valence-corrected chi connectivity index (χ3v) is 3.23. The van der Waals surface area contributed by atoms with E-state index < -0.39 is 11.9 Å². The average Bonchev–Trinajstić information content (AvgIpc) is 2.49. The fourth-order valence-electron chi connectivity index (χ4n) is 1.72. The number of aliphatic carboxylic acids is 2. The number of nitrogens with zero attached hydrogens (tertiary/aromatic N) is 1. The molecule has 24 heavy (non-hydrogen) atoms. The van der Waals surface area contributed by atoms with Crippen molar-refractivity contribution in [3.63, 3.8) is 0 Å². The maximum Gasteiger partial charge on any atom is 0.414 e. The van der Waals surface area contributed by atoms with Crippen molar-refractivity contribution in [1.82, 2.24) is 4.90 Å². The Balaban J connectivity index is 0.000000754. The molecule has 0 saturated carbocycles. The highest BCUT2D eigenvalue weighted by Crippen LogP contribution is 2.21. The number of carbonyl (C=O) groups is 2. The third kappa shape index (κ3) is 10.8. The molecule has 0 bridgehead atoms. The molecule has 1 aromatic rings. The maximum absolute atomic E-state index is 9.10. The SMILES string of the molecule is Cc1cc(Cl)ccc1OCCCCN(C)CCO.O=C(O)C(=O)O. The molecule has 0 aliphatic carbocycles. The van der Waals surface area contributed by atoms with Crippen LogP contribution in [0.15, 0.2) is 18.2 Å². The number of carboxylic acid groups (broad SMARTS) is 2. The summed E-state index contributed by atoms with van der Waals surface area (Å²) in [5.74, 6) is -2.74. The van der Waals surface area contributed by atoms with E-state index in [1.165, 1.54) is 0 Å². The molecule has 0 radical (unpaired) electrons. The number of hydrogen-bond acceptors (Lipinski definition) is 5. The summed E-state index contributed by atoms with van der Waals surface area (Å²) in [5, 5.41) is 24.3. The Hall–Kier alpha value is -1.83. The number of aryl methyl sites for hydroxylation is 1. The summed E-state index contributed by atoms with van der Waals surface area (Å²) in [5.41, 5.74) is 1.07. The van der Waals surface area contributed by atoms with E-state index in [2.05, 4.69) is 4.90 Å². The van der Waals surface area contributed by atoms with Gasteiger partial charge in [0.1, 0.15) is 5.75 Å². The zero-order valence-electron chi connectivity index (χ0n) is 13.9. The Morgan fingerprint density at radius 2 is 1.79 bits per heavy atom. The van der Waals surface area contributed by atoms with Crippen LogP contribution in [0, 0.1) is 6.92 Å². The van der Waals surface area contributed by atoms with Crippen molar-refractivity contribution >= 4 is 23.5 Å². The van der Waals surface area contributed by atoms with Gasteiger partial charge in [-0.2, -0.15) is 0 Å². The van der Waals surface area contributed by atoms with E-state index in [1.807, 2.05) is 32.2 Å². The summed E-state index contributed by atoms with van der Waals surface area (Å²) in [6.07, 6.45) is 2.08. The summed E-state index contributed by atoms with van der Waals surface area (Å²) in [4.78, 5) is 20.3. The minimum absolute atomic E-state index is 0.219. The van der Waals surface area contributed by atoms with E-state index in [0.717, 1.165) is 48.9 Å². The summed E-state index contributed by atoms with van der Waals surface area (Å²) in [6, 6.07) is 5.67. The number of aliphatic hydroxyl groups excluding tert-OH is 1. The normalized spacial score (nSPS) is 10.0. The first-order valence-corrected chi connectivity index (χ1v) is 7.80. The number of ether oxygens (including phenoxy) is 1. The summed E-state index contributed by atoms with van der Waals surface area (Å²) in [6.45, 7) is 4.66. The monoisotopic (exact) mass is 361 g/mol. The Morgan fingerprint density at radius 3 is 2.29 bits per heavy atom. The van der Waals surface area contributed by atoms with Gasteiger partial charge < -0.3 is 25.0 Å². The second-order valence-electron chi connectivity index (χ2n) is 5.10. The Morgan fingerprint density at radius 1 is 1.17 bits per heavy atom. The second kappa shape index (κ2) is 12.6. The first-order chi connectivity index (χ1) is 11.3. The van der Waals surface area contributed by atoms with Crippen LogP contribution in [0.2, 0.25) is 5.02 Å². The van der Waals surface area contributed by atoms with Crippen LogP contribution in [0.25, 0.3) is 0 Å². The van der Waals surface area contributed by atoms with Gasteiger partial charge in [-0.25, -0.2) is 9.59 Å². The van der Waals surface area contributed by atoms with Gasteiger partial charge in [0.2, 0.25) is 0 Å². The van der Waals surface area contributed by atoms with Crippen molar-refractivity contribution in [3.8, 4) is 5.75 Å². The predicted octanol–water partition coefficient (Wildman–Crippen LogP) is 1.89. The number of aliphatic hydroxyl groups is 1. The van der Waals surface area contributed by atoms with Crippen molar-refractivity contribution in [2.45, 2.75) is 19.8 Å². The topological polar surface area (TPSA) is 107 Å². The third-order valence-electron chi connectivity index (χ3n) is 2.99. The van der Waals surface area contributed by atoms with Crippen LogP contribution in [-0.2, 0) is 9.59 Å². The number of likely N-dealkylation sites (N-methyl/N-ethyl adjacent to an activating group) is 1. The molecule has 0 heterocycles. The zero-order valence-corrected chi connectivity index (χ0v) is 14.6. The molecule has 0 unspecified atom stereocenters. The molecular formula is C16H24ClNO6. The van der Waals surface area contributed by atoms with Gasteiger partial charge in [0.05, 0.1) is 13.2 Å². The predicted molar refractivity (Wildman–Crippen MR) is 90.8 cm³/mol. The van der Waals surface area contributed by atoms with Gasteiger partial charge in [-0.15, -0.1) is 0 Å². The summed E-state index contributed by atoms with van der Waals surface area (Å²) < 4.78 is 5.71. The van der Waals surface area contributed by atoms with E-state index in [1.54, 1.807) is 0 Å². The minimum atomic E-state index is -1.82. The van der Waals surface area contributed by atoms with Gasteiger partial charge in [0, 0.05) is 11.6 Å². The van der Waals surface area contributed by atoms with Gasteiger partial charge in [-0.3, -0.25) is 0 Å². The molecule has 3 N–H and O–H groups in total. The lowest BCUT2D eigenvalue weighted by Gasteiger charge is -2.15. The largest absolute Gasteiger partial charge is 0.493 e. The van der Waals surface area contributed by atoms with Crippen molar-refractivity contribution in [3.05, 3.63) is 28.8 Å². The quantitative estimate of drug-likeness (QED) is 0.479. The van der Waals surface area contributed by atoms with Crippen LogP contribution in [0.4, 0.5) is 0 Å². The van der Waals surface area contributed by atoms with Gasteiger partial charge in [-0.1, -0.05) is 11.6 Å². The molecule has 1 aromatic carbocycles. The van der Waals surface area contributed by atoms with E-state index in [0.29, 0.717) is 0 Å². The molecule has 0 aromatic heterocycles. The van der Waals surface area contributed by atoms with E-state index in [4.69, 9.17) is 41.2 Å². The highest BCUT2D eigenvalue weighted by atomic mass is 35.5. The van der Waals surface area contributed by atoms with E-state index in [9.17, 15) is 0 Å². The fraction of sp³-hybridized carbons (Fsp3) is 0.500. The zero-order chi connectivity index (χ0) is 18.5. The second-order valence-corrected chi connectivity index (χ2v) is 5.54. The highest BCUT2D eigenvalue weighted by molar-refractivity contribution is 6.30. The van der Waals surface area contributed by atoms with Crippen LogP contribution in [-0.4, -0.2) is 65.5 Å². The standard InChI is InChI=1S/C14H22ClNO2.C2H2O4/c1-12-11-13(15)5-6-14(12)18-10-4-3-7-16(2)8-9-17;3-1(4)2(5)6/h5-6,11,17H,3-4,7-10H2,1-2H3;(H,3,4)(H,5,6). The fourth-order valence-corrected chi connectivity index (χ4v) is 1.95. The van der Waals surface area contributed by atoms with Crippen LogP contribution in [0.5, 0.6) is 5.75 Å². The van der Waals surface area contributed by atoms with Crippen molar-refractivity contribution in [2.75, 3.05) is 33.4 Å². The van der Waals surface area contributed by atoms with Crippen LogP contribution in [0.1, 0.15) is 18.4 Å². The van der Waals surface area contributed by atoms with Crippen molar-refractivity contribution in [2.24, 2.45) is 0 Å². The number of unbranched alkanes of at least 4 members (excludes halogenated alkanes) is 1. The van der Waals surface area contributed by atoms with Gasteiger partial charge >= 0.3 is 11.9 Å². The number of rotatable bonds is 8. The Labute approximate surface area is 146 Å². The smallest absolute Gasteiger partial charge is 0.414 e. The molecule has 0 spiro atoms. The Kier molecular flexibility index (Phi) is 11.6. The Bertz CT molecular complexity index is 511. The number of benzene rings is 1. The van der Waals surface area contributed by atoms with Gasteiger partial charge in [0.15, 0.2) is 0 Å². The lowest BCUT2D eigenvalue weighted by atomic mass is 10.2. The minimum Gasteiger partial charge on any atom is -0.493 e. The lowest BCUT2D eigenvalue weighted by molar-refractivity contribution is -0.159. The van der Waals surface area contributed by atoms with E-state index in [-0.39, 0.29) is 6.61 Å². The molecule has 0 saturated heterocycles. The molecule has 1 rings (SSSR count). The van der Waals surface area contributed by atoms with Gasteiger partial charge in [0.25, 0.3) is 0 Å². The molecule has 7 nitrogen and oxygen atoms in total. The van der Waals surface area contributed by atoms with E-state index >= 15 is 0 Å². The van der Waals surface area contributed by atoms with Crippen LogP contribution < -0.4 is 4.74 Å². The highest BCUT2D eigenvalue weighted by Gasteiger charge is 2.04. The summed E-state index contributed by atoms with van der Waals surface area (Å²) >= 11 is 5.88. The maximum atomic E-state index is 9.10. The first-order valence-electron chi connectivity index (χ1n) is 7.42. The first kappa shape index (κ1) is 22.2. The van der Waals surface area contributed by atoms with Crippen molar-refractivity contribution < 1.29 is 29.6 Å². The number of halogens is 1. The molecule has 8 heteroatoms. The lowest BCUT2D eigenvalue weighted by Crippen LogP contribution is -2.23. The van der Waals surface area contributed by atoms with Crippen molar-refractivity contribution in [1.29, 1.82) is 0 Å². The molecule has 0 aliphatic heterocycles. The molecule has 0 atom stereocenters. The average molecular weight is 362 g/mol. The molecule has 0 fully saturated rings. The van der Waals surface area contributed by atoms with Gasteiger partial charge in [-0.05, 0) is 57.1 Å². The van der Waals surface area contributed by atoms with Crippen LogP contribution in [0.3, 0.4) is 0 Å². The molecule has 136 valence electrons.